The summed E-state index contributed by atoms with van der Waals surface area (Å²) in [4.78, 5) is 12.5. The van der Waals surface area contributed by atoms with Crippen LogP contribution in [0.1, 0.15) is 47.2 Å². The highest BCUT2D eigenvalue weighted by Crippen LogP contribution is 2.21. The van der Waals surface area contributed by atoms with Crippen LogP contribution >= 0.6 is 0 Å². The quantitative estimate of drug-likeness (QED) is 0.720. The fraction of sp³-hybridized carbons (Fsp3) is 0.333. The van der Waals surface area contributed by atoms with E-state index < -0.39 is 16.0 Å². The van der Waals surface area contributed by atoms with Crippen molar-refractivity contribution in [3.63, 3.8) is 0 Å². The molecule has 1 heterocycles. The molecule has 1 fully saturated rings. The summed E-state index contributed by atoms with van der Waals surface area (Å²) in [6.45, 7) is 1.07. The van der Waals surface area contributed by atoms with Crippen LogP contribution in [0.4, 0.5) is 0 Å². The second-order valence-electron chi connectivity index (χ2n) is 6.73. The zero-order valence-corrected chi connectivity index (χ0v) is 16.3. The SMILES string of the molecule is N#Cc1ccc(COC(=O)c2cccc(S(=O)(=O)N3CCCCCC3)c2)cc1. The Kier molecular flexibility index (Phi) is 6.45. The summed E-state index contributed by atoms with van der Waals surface area (Å²) in [5.41, 5.74) is 1.48. The Bertz CT molecular complexity index is 970. The van der Waals surface area contributed by atoms with Gasteiger partial charge in [0.2, 0.25) is 10.0 Å². The van der Waals surface area contributed by atoms with Crippen LogP contribution in [0.5, 0.6) is 0 Å². The highest BCUT2D eigenvalue weighted by Gasteiger charge is 2.26. The molecule has 0 N–H and O–H groups in total. The smallest absolute Gasteiger partial charge is 0.338 e. The second-order valence-corrected chi connectivity index (χ2v) is 8.67. The Morgan fingerprint density at radius 3 is 2.36 bits per heavy atom. The van der Waals surface area contributed by atoms with Crippen LogP contribution in [0.3, 0.4) is 0 Å². The van der Waals surface area contributed by atoms with Crippen molar-refractivity contribution >= 4 is 16.0 Å². The number of hydrogen-bond donors (Lipinski definition) is 0. The first-order chi connectivity index (χ1) is 13.5. The van der Waals surface area contributed by atoms with E-state index in [-0.39, 0.29) is 17.1 Å². The first-order valence-electron chi connectivity index (χ1n) is 9.27. The lowest BCUT2D eigenvalue weighted by atomic mass is 10.1. The molecule has 0 spiro atoms. The molecule has 0 atom stereocenters. The fourth-order valence-electron chi connectivity index (χ4n) is 3.12. The van der Waals surface area contributed by atoms with Crippen molar-refractivity contribution in [1.29, 1.82) is 5.26 Å². The number of carbonyl (C=O) groups excluding carboxylic acids is 1. The molecule has 0 aromatic heterocycles. The minimum Gasteiger partial charge on any atom is -0.457 e. The van der Waals surface area contributed by atoms with Gasteiger partial charge in [-0.3, -0.25) is 0 Å². The third kappa shape index (κ3) is 4.77. The van der Waals surface area contributed by atoms with Crippen molar-refractivity contribution in [2.24, 2.45) is 0 Å². The van der Waals surface area contributed by atoms with Gasteiger partial charge in [-0.05, 0) is 48.7 Å². The van der Waals surface area contributed by atoms with Gasteiger partial charge >= 0.3 is 5.97 Å². The molecule has 146 valence electrons. The summed E-state index contributed by atoms with van der Waals surface area (Å²) < 4.78 is 32.6. The van der Waals surface area contributed by atoms with Gasteiger partial charge in [-0.25, -0.2) is 13.2 Å². The summed E-state index contributed by atoms with van der Waals surface area (Å²) in [5.74, 6) is -0.586. The number of carbonyl (C=O) groups is 1. The van der Waals surface area contributed by atoms with E-state index in [1.807, 2.05) is 6.07 Å². The van der Waals surface area contributed by atoms with Gasteiger partial charge in [0.05, 0.1) is 22.1 Å². The Morgan fingerprint density at radius 2 is 1.71 bits per heavy atom. The molecule has 1 aliphatic rings. The highest BCUT2D eigenvalue weighted by atomic mass is 32.2. The second kappa shape index (κ2) is 9.00. The largest absolute Gasteiger partial charge is 0.457 e. The van der Waals surface area contributed by atoms with E-state index in [0.29, 0.717) is 18.7 Å². The molecule has 0 bridgehead atoms. The molecule has 0 aliphatic carbocycles. The molecule has 2 aromatic carbocycles. The number of ether oxygens (including phenoxy) is 1. The summed E-state index contributed by atoms with van der Waals surface area (Å²) in [6, 6.07) is 14.7. The normalized spacial score (nSPS) is 15.4. The van der Waals surface area contributed by atoms with Crippen LogP contribution < -0.4 is 0 Å². The molecule has 0 amide bonds. The van der Waals surface area contributed by atoms with Gasteiger partial charge in [0.25, 0.3) is 0 Å². The monoisotopic (exact) mass is 398 g/mol. The van der Waals surface area contributed by atoms with Crippen LogP contribution in [0.25, 0.3) is 0 Å². The van der Waals surface area contributed by atoms with E-state index >= 15 is 0 Å². The van der Waals surface area contributed by atoms with Crippen molar-refractivity contribution in [3.8, 4) is 6.07 Å². The molecule has 28 heavy (non-hydrogen) atoms. The molecular formula is C21H22N2O4S. The molecule has 0 saturated carbocycles. The zero-order valence-electron chi connectivity index (χ0n) is 15.5. The maximum atomic E-state index is 12.9. The lowest BCUT2D eigenvalue weighted by Crippen LogP contribution is -2.32. The van der Waals surface area contributed by atoms with E-state index in [9.17, 15) is 13.2 Å². The van der Waals surface area contributed by atoms with Gasteiger partial charge in [-0.2, -0.15) is 9.57 Å². The maximum Gasteiger partial charge on any atom is 0.338 e. The Morgan fingerprint density at radius 1 is 1.04 bits per heavy atom. The van der Waals surface area contributed by atoms with Crippen LogP contribution in [0.15, 0.2) is 53.4 Å². The van der Waals surface area contributed by atoms with Crippen molar-refractivity contribution in [1.82, 2.24) is 4.31 Å². The number of sulfonamides is 1. The molecule has 1 aliphatic heterocycles. The molecule has 3 rings (SSSR count). The molecule has 0 radical (unpaired) electrons. The molecule has 6 nitrogen and oxygen atoms in total. The standard InChI is InChI=1S/C21H22N2O4S/c22-15-17-8-10-18(11-9-17)16-27-21(24)19-6-5-7-20(14-19)28(25,26)23-12-3-1-2-4-13-23/h5-11,14H,1-4,12-13,16H2. The van der Waals surface area contributed by atoms with Crippen molar-refractivity contribution in [3.05, 3.63) is 65.2 Å². The van der Waals surface area contributed by atoms with E-state index in [1.165, 1.54) is 16.4 Å². The topological polar surface area (TPSA) is 87.5 Å². The number of hydrogen-bond acceptors (Lipinski definition) is 5. The molecule has 7 heteroatoms. The summed E-state index contributed by atoms with van der Waals surface area (Å²) in [5, 5.41) is 8.81. The summed E-state index contributed by atoms with van der Waals surface area (Å²) in [6.07, 6.45) is 3.78. The third-order valence-electron chi connectivity index (χ3n) is 4.73. The minimum absolute atomic E-state index is 0.0493. The average Bonchev–Trinajstić information content (AvgIpc) is 3.02. The predicted octanol–water partition coefficient (Wildman–Crippen LogP) is 3.48. The van der Waals surface area contributed by atoms with Gasteiger partial charge < -0.3 is 4.74 Å². The van der Waals surface area contributed by atoms with E-state index in [4.69, 9.17) is 10.00 Å². The van der Waals surface area contributed by atoms with Crippen LogP contribution in [-0.4, -0.2) is 31.8 Å². The Labute approximate surface area is 165 Å². The van der Waals surface area contributed by atoms with Crippen LogP contribution in [-0.2, 0) is 21.4 Å². The van der Waals surface area contributed by atoms with Crippen molar-refractivity contribution in [2.45, 2.75) is 37.2 Å². The summed E-state index contributed by atoms with van der Waals surface area (Å²) >= 11 is 0. The van der Waals surface area contributed by atoms with Gasteiger partial charge in [0.1, 0.15) is 6.61 Å². The number of esters is 1. The van der Waals surface area contributed by atoms with Gasteiger partial charge in [-0.15, -0.1) is 0 Å². The zero-order chi connectivity index (χ0) is 20.0. The van der Waals surface area contributed by atoms with Gasteiger partial charge in [0, 0.05) is 13.1 Å². The van der Waals surface area contributed by atoms with E-state index in [1.54, 1.807) is 36.4 Å². The number of nitriles is 1. The predicted molar refractivity (Wildman–Crippen MR) is 104 cm³/mol. The Balaban J connectivity index is 1.71. The first kappa shape index (κ1) is 20.1. The van der Waals surface area contributed by atoms with Crippen molar-refractivity contribution in [2.75, 3.05) is 13.1 Å². The maximum absolute atomic E-state index is 12.9. The minimum atomic E-state index is -3.62. The first-order valence-corrected chi connectivity index (χ1v) is 10.7. The highest BCUT2D eigenvalue weighted by molar-refractivity contribution is 7.89. The number of rotatable bonds is 5. The van der Waals surface area contributed by atoms with Gasteiger partial charge in [0.15, 0.2) is 0 Å². The molecule has 0 unspecified atom stereocenters. The third-order valence-corrected chi connectivity index (χ3v) is 6.62. The fourth-order valence-corrected chi connectivity index (χ4v) is 4.69. The Hall–Kier alpha value is -2.69. The van der Waals surface area contributed by atoms with Gasteiger partial charge in [-0.1, -0.05) is 31.0 Å². The van der Waals surface area contributed by atoms with E-state index in [2.05, 4.69) is 0 Å². The van der Waals surface area contributed by atoms with Crippen LogP contribution in [0.2, 0.25) is 0 Å². The lowest BCUT2D eigenvalue weighted by Gasteiger charge is -2.20. The van der Waals surface area contributed by atoms with Crippen LogP contribution in [0, 0.1) is 11.3 Å². The van der Waals surface area contributed by atoms with Crippen molar-refractivity contribution < 1.29 is 17.9 Å². The number of nitrogens with zero attached hydrogens (tertiary/aromatic N) is 2. The molecule has 2 aromatic rings. The average molecular weight is 398 g/mol. The lowest BCUT2D eigenvalue weighted by molar-refractivity contribution is 0.0472. The summed E-state index contributed by atoms with van der Waals surface area (Å²) in [7, 11) is -3.62. The molecule has 1 saturated heterocycles. The molecular weight excluding hydrogens is 376 g/mol. The number of benzene rings is 2. The van der Waals surface area contributed by atoms with E-state index in [0.717, 1.165) is 31.2 Å².